The molecule has 1 amide bonds. The first-order valence-electron chi connectivity index (χ1n) is 9.97. The van der Waals surface area contributed by atoms with Crippen molar-refractivity contribution in [3.63, 3.8) is 0 Å². The average Bonchev–Trinajstić information content (AvgIpc) is 2.85. The Balaban J connectivity index is 1.56. The summed E-state index contributed by atoms with van der Waals surface area (Å²) < 4.78 is 25.6. The lowest BCUT2D eigenvalue weighted by Gasteiger charge is -2.11. The molecule has 5 nitrogen and oxygen atoms in total. The monoisotopic (exact) mass is 475 g/mol. The molecule has 0 aromatic heterocycles. The van der Waals surface area contributed by atoms with Crippen LogP contribution in [0.3, 0.4) is 0 Å². The first-order valence-corrected chi connectivity index (χ1v) is 11.8. The van der Waals surface area contributed by atoms with E-state index in [-0.39, 0.29) is 26.7 Å². The molecular formula is C26H18ClNO4S. The minimum atomic E-state index is -3.72. The average molecular weight is 476 g/mol. The van der Waals surface area contributed by atoms with E-state index >= 15 is 0 Å². The molecule has 33 heavy (non-hydrogen) atoms. The SMILES string of the molecule is O=C(Nc1ccc(S(=O)(=O)c2ccc(Cl)cc2)cc1)c1ccccc1C(=O)c1ccccc1. The van der Waals surface area contributed by atoms with E-state index in [1.54, 1.807) is 48.5 Å². The number of benzene rings is 4. The number of sulfone groups is 1. The van der Waals surface area contributed by atoms with Crippen molar-refractivity contribution in [1.82, 2.24) is 0 Å². The fourth-order valence-corrected chi connectivity index (χ4v) is 4.68. The molecule has 0 atom stereocenters. The van der Waals surface area contributed by atoms with Gasteiger partial charge in [0.05, 0.1) is 15.4 Å². The number of hydrogen-bond donors (Lipinski definition) is 1. The van der Waals surface area contributed by atoms with E-state index in [0.717, 1.165) is 0 Å². The van der Waals surface area contributed by atoms with Crippen molar-refractivity contribution in [3.8, 4) is 0 Å². The summed E-state index contributed by atoms with van der Waals surface area (Å²) in [6.07, 6.45) is 0. The van der Waals surface area contributed by atoms with E-state index in [2.05, 4.69) is 5.32 Å². The van der Waals surface area contributed by atoms with Gasteiger partial charge in [-0.25, -0.2) is 8.42 Å². The molecule has 0 saturated carbocycles. The van der Waals surface area contributed by atoms with Crippen LogP contribution in [-0.4, -0.2) is 20.1 Å². The van der Waals surface area contributed by atoms with Crippen LogP contribution in [0.25, 0.3) is 0 Å². The molecular weight excluding hydrogens is 458 g/mol. The first-order chi connectivity index (χ1) is 15.9. The number of carbonyl (C=O) groups is 2. The highest BCUT2D eigenvalue weighted by atomic mass is 35.5. The minimum Gasteiger partial charge on any atom is -0.322 e. The van der Waals surface area contributed by atoms with Gasteiger partial charge in [0.1, 0.15) is 0 Å². The van der Waals surface area contributed by atoms with E-state index in [1.807, 2.05) is 6.07 Å². The van der Waals surface area contributed by atoms with Gasteiger partial charge in [0, 0.05) is 21.8 Å². The van der Waals surface area contributed by atoms with Crippen LogP contribution in [0.2, 0.25) is 5.02 Å². The summed E-state index contributed by atoms with van der Waals surface area (Å²) >= 11 is 5.84. The molecule has 4 rings (SSSR count). The molecule has 1 N–H and O–H groups in total. The molecule has 0 fully saturated rings. The zero-order valence-corrected chi connectivity index (χ0v) is 18.8. The molecule has 164 valence electrons. The third kappa shape index (κ3) is 4.87. The number of amides is 1. The standard InChI is InChI=1S/C26H18ClNO4S/c27-19-10-14-21(15-11-19)33(31,32)22-16-12-20(13-17-22)28-26(30)24-9-5-4-8-23(24)25(29)18-6-2-1-3-7-18/h1-17H,(H,28,30). The first kappa shape index (κ1) is 22.5. The Morgan fingerprint density at radius 3 is 1.76 bits per heavy atom. The molecule has 0 heterocycles. The lowest BCUT2D eigenvalue weighted by molar-refractivity contribution is 0.0996. The number of carbonyl (C=O) groups excluding carboxylic acids is 2. The zero-order valence-electron chi connectivity index (χ0n) is 17.2. The fourth-order valence-electron chi connectivity index (χ4n) is 3.29. The quantitative estimate of drug-likeness (QED) is 0.365. The maximum Gasteiger partial charge on any atom is 0.256 e. The van der Waals surface area contributed by atoms with Gasteiger partial charge in [0.15, 0.2) is 5.78 Å². The van der Waals surface area contributed by atoms with Crippen LogP contribution < -0.4 is 5.32 Å². The molecule has 0 radical (unpaired) electrons. The van der Waals surface area contributed by atoms with E-state index in [9.17, 15) is 18.0 Å². The van der Waals surface area contributed by atoms with Crippen LogP contribution in [-0.2, 0) is 9.84 Å². The Bertz CT molecular complexity index is 1420. The second kappa shape index (κ2) is 9.40. The van der Waals surface area contributed by atoms with Gasteiger partial charge in [-0.1, -0.05) is 60.1 Å². The molecule has 4 aromatic carbocycles. The molecule has 0 aliphatic carbocycles. The largest absolute Gasteiger partial charge is 0.322 e. The lowest BCUT2D eigenvalue weighted by atomic mass is 9.98. The number of halogens is 1. The number of rotatable bonds is 6. The van der Waals surface area contributed by atoms with Crippen LogP contribution >= 0.6 is 11.6 Å². The smallest absolute Gasteiger partial charge is 0.256 e. The molecule has 0 aliphatic heterocycles. The second-order valence-electron chi connectivity index (χ2n) is 7.18. The van der Waals surface area contributed by atoms with Crippen molar-refractivity contribution >= 4 is 38.8 Å². The van der Waals surface area contributed by atoms with Crippen LogP contribution in [0, 0.1) is 0 Å². The van der Waals surface area contributed by atoms with Crippen molar-refractivity contribution in [3.05, 3.63) is 125 Å². The van der Waals surface area contributed by atoms with Gasteiger partial charge < -0.3 is 5.32 Å². The Morgan fingerprint density at radius 1 is 0.636 bits per heavy atom. The Hall–Kier alpha value is -3.74. The number of hydrogen-bond acceptors (Lipinski definition) is 4. The summed E-state index contributed by atoms with van der Waals surface area (Å²) in [6.45, 7) is 0. The predicted molar refractivity (Wildman–Crippen MR) is 128 cm³/mol. The highest BCUT2D eigenvalue weighted by Gasteiger charge is 2.20. The molecule has 0 aliphatic rings. The Kier molecular flexibility index (Phi) is 6.40. The number of ketones is 1. The Morgan fingerprint density at radius 2 is 1.15 bits per heavy atom. The third-order valence-electron chi connectivity index (χ3n) is 5.00. The van der Waals surface area contributed by atoms with Gasteiger partial charge in [-0.2, -0.15) is 0 Å². The predicted octanol–water partition coefficient (Wildman–Crippen LogP) is 5.66. The molecule has 4 aromatic rings. The number of nitrogens with one attached hydrogen (secondary N) is 1. The summed E-state index contributed by atoms with van der Waals surface area (Å²) in [5.41, 5.74) is 1.39. The second-order valence-corrected chi connectivity index (χ2v) is 9.56. The van der Waals surface area contributed by atoms with Crippen LogP contribution in [0.5, 0.6) is 0 Å². The van der Waals surface area contributed by atoms with Gasteiger partial charge in [-0.3, -0.25) is 9.59 Å². The normalized spacial score (nSPS) is 11.1. The van der Waals surface area contributed by atoms with Gasteiger partial charge in [0.25, 0.3) is 5.91 Å². The van der Waals surface area contributed by atoms with Crippen molar-refractivity contribution in [2.75, 3.05) is 5.32 Å². The summed E-state index contributed by atoms with van der Waals surface area (Å²) in [4.78, 5) is 26.0. The van der Waals surface area contributed by atoms with Crippen LogP contribution in [0.4, 0.5) is 5.69 Å². The van der Waals surface area contributed by atoms with Crippen molar-refractivity contribution < 1.29 is 18.0 Å². The topological polar surface area (TPSA) is 80.3 Å². The van der Waals surface area contributed by atoms with Gasteiger partial charge in [0.2, 0.25) is 9.84 Å². The highest BCUT2D eigenvalue weighted by molar-refractivity contribution is 7.91. The van der Waals surface area contributed by atoms with Crippen molar-refractivity contribution in [1.29, 1.82) is 0 Å². The molecule has 0 bridgehead atoms. The zero-order chi connectivity index (χ0) is 23.4. The van der Waals surface area contributed by atoms with Crippen LogP contribution in [0.15, 0.2) is 113 Å². The third-order valence-corrected chi connectivity index (χ3v) is 7.04. The molecule has 0 unspecified atom stereocenters. The highest BCUT2D eigenvalue weighted by Crippen LogP contribution is 2.24. The summed E-state index contributed by atoms with van der Waals surface area (Å²) in [7, 11) is -3.72. The van der Waals surface area contributed by atoms with E-state index in [4.69, 9.17) is 11.6 Å². The minimum absolute atomic E-state index is 0.0856. The molecule has 0 spiro atoms. The summed E-state index contributed by atoms with van der Waals surface area (Å²) in [5.74, 6) is -0.728. The summed E-state index contributed by atoms with van der Waals surface area (Å²) in [6, 6.07) is 27.0. The van der Waals surface area contributed by atoms with E-state index < -0.39 is 15.7 Å². The van der Waals surface area contributed by atoms with E-state index in [1.165, 1.54) is 48.5 Å². The maximum atomic E-state index is 12.9. The van der Waals surface area contributed by atoms with Gasteiger partial charge in [-0.05, 0) is 54.6 Å². The Labute approximate surface area is 196 Å². The van der Waals surface area contributed by atoms with E-state index in [0.29, 0.717) is 16.3 Å². The number of anilines is 1. The van der Waals surface area contributed by atoms with Crippen LogP contribution in [0.1, 0.15) is 26.3 Å². The molecule has 7 heteroatoms. The van der Waals surface area contributed by atoms with Crippen molar-refractivity contribution in [2.24, 2.45) is 0 Å². The summed E-state index contributed by atoms with van der Waals surface area (Å²) in [5, 5.41) is 3.17. The van der Waals surface area contributed by atoms with Gasteiger partial charge >= 0.3 is 0 Å². The fraction of sp³-hybridized carbons (Fsp3) is 0. The van der Waals surface area contributed by atoms with Crippen molar-refractivity contribution in [2.45, 2.75) is 9.79 Å². The van der Waals surface area contributed by atoms with Gasteiger partial charge in [-0.15, -0.1) is 0 Å². The molecule has 0 saturated heterocycles. The maximum absolute atomic E-state index is 12.9. The lowest BCUT2D eigenvalue weighted by Crippen LogP contribution is -2.17.